The summed E-state index contributed by atoms with van der Waals surface area (Å²) in [4.78, 5) is 32.7. The Kier molecular flexibility index (Phi) is 6.01. The third-order valence-electron chi connectivity index (χ3n) is 4.65. The van der Waals surface area contributed by atoms with Crippen molar-refractivity contribution in [1.29, 1.82) is 0 Å². The average Bonchev–Trinajstić information content (AvgIpc) is 2.94. The lowest BCUT2D eigenvalue weighted by Crippen LogP contribution is -2.38. The molecule has 0 saturated carbocycles. The Balaban J connectivity index is 1.63. The highest BCUT2D eigenvalue weighted by Crippen LogP contribution is 2.21. The fourth-order valence-corrected chi connectivity index (χ4v) is 3.21. The van der Waals surface area contributed by atoms with Gasteiger partial charge in [-0.3, -0.25) is 14.6 Å². The van der Waals surface area contributed by atoms with Gasteiger partial charge in [-0.1, -0.05) is 0 Å². The second-order valence-corrected chi connectivity index (χ2v) is 6.40. The van der Waals surface area contributed by atoms with Crippen molar-refractivity contribution < 1.29 is 18.7 Å². The van der Waals surface area contributed by atoms with Crippen molar-refractivity contribution in [3.8, 4) is 5.75 Å². The van der Waals surface area contributed by atoms with Gasteiger partial charge < -0.3 is 14.5 Å². The summed E-state index contributed by atoms with van der Waals surface area (Å²) in [6.45, 7) is 2.07. The van der Waals surface area contributed by atoms with Crippen LogP contribution >= 0.6 is 0 Å². The molecule has 0 bridgehead atoms. The van der Waals surface area contributed by atoms with Gasteiger partial charge in [-0.05, 0) is 36.8 Å². The highest BCUT2D eigenvalue weighted by Gasteiger charge is 2.23. The molecule has 1 aliphatic rings. The van der Waals surface area contributed by atoms with Gasteiger partial charge in [0.25, 0.3) is 5.91 Å². The van der Waals surface area contributed by atoms with Crippen molar-refractivity contribution in [3.05, 3.63) is 59.7 Å². The van der Waals surface area contributed by atoms with Crippen LogP contribution in [0.5, 0.6) is 5.75 Å². The van der Waals surface area contributed by atoms with Gasteiger partial charge in [0, 0.05) is 49.7 Å². The molecule has 1 fully saturated rings. The van der Waals surface area contributed by atoms with E-state index in [1.165, 1.54) is 25.3 Å². The van der Waals surface area contributed by atoms with Gasteiger partial charge in [-0.2, -0.15) is 0 Å². The van der Waals surface area contributed by atoms with Crippen LogP contribution in [0.25, 0.3) is 0 Å². The quantitative estimate of drug-likeness (QED) is 0.826. The molecule has 142 valence electrons. The summed E-state index contributed by atoms with van der Waals surface area (Å²) in [5.74, 6) is -0.0618. The molecule has 6 nitrogen and oxygen atoms in total. The topological polar surface area (TPSA) is 62.7 Å². The number of nitrogens with zero attached hydrogens (tertiary/aromatic N) is 3. The summed E-state index contributed by atoms with van der Waals surface area (Å²) in [5.41, 5.74) is 1.12. The van der Waals surface area contributed by atoms with Gasteiger partial charge in [-0.25, -0.2) is 4.39 Å². The third-order valence-corrected chi connectivity index (χ3v) is 4.65. The molecular weight excluding hydrogens is 349 g/mol. The number of methoxy groups -OCH3 is 1. The molecule has 3 rings (SSSR count). The molecule has 0 atom stereocenters. The predicted octanol–water partition coefficient (Wildman–Crippen LogP) is 2.15. The first-order chi connectivity index (χ1) is 13.1. The maximum absolute atomic E-state index is 13.5. The molecule has 2 amide bonds. The van der Waals surface area contributed by atoms with E-state index in [2.05, 4.69) is 4.98 Å². The third kappa shape index (κ3) is 4.61. The summed E-state index contributed by atoms with van der Waals surface area (Å²) < 4.78 is 18.7. The number of hydrogen-bond donors (Lipinski definition) is 0. The Morgan fingerprint density at radius 3 is 2.52 bits per heavy atom. The number of ether oxygens (including phenoxy) is 1. The standard InChI is InChI=1S/C20H22FN3O3/c1-27-18-4-3-17(21)13-16(18)14-19(25)23-9-2-10-24(12-11-23)20(26)15-5-7-22-8-6-15/h3-8,13H,2,9-12,14H2,1H3. The van der Waals surface area contributed by atoms with Crippen molar-refractivity contribution in [2.75, 3.05) is 33.3 Å². The molecule has 0 aliphatic carbocycles. The number of pyridine rings is 1. The minimum Gasteiger partial charge on any atom is -0.496 e. The Labute approximate surface area is 157 Å². The zero-order valence-corrected chi connectivity index (χ0v) is 15.2. The summed E-state index contributed by atoms with van der Waals surface area (Å²) in [6.07, 6.45) is 3.95. The smallest absolute Gasteiger partial charge is 0.254 e. The lowest BCUT2D eigenvalue weighted by Gasteiger charge is -2.22. The summed E-state index contributed by atoms with van der Waals surface area (Å²) in [7, 11) is 1.50. The normalized spacial score (nSPS) is 14.6. The van der Waals surface area contributed by atoms with Crippen LogP contribution in [-0.2, 0) is 11.2 Å². The number of rotatable bonds is 4. The molecule has 2 aromatic rings. The summed E-state index contributed by atoms with van der Waals surface area (Å²) in [5, 5.41) is 0. The van der Waals surface area contributed by atoms with E-state index >= 15 is 0 Å². The van der Waals surface area contributed by atoms with E-state index in [1.807, 2.05) is 0 Å². The van der Waals surface area contributed by atoms with Crippen molar-refractivity contribution in [2.45, 2.75) is 12.8 Å². The van der Waals surface area contributed by atoms with Crippen LogP contribution in [0, 0.1) is 5.82 Å². The van der Waals surface area contributed by atoms with Gasteiger partial charge in [0.1, 0.15) is 11.6 Å². The van der Waals surface area contributed by atoms with Crippen molar-refractivity contribution in [1.82, 2.24) is 14.8 Å². The molecule has 1 aliphatic heterocycles. The molecule has 7 heteroatoms. The zero-order valence-electron chi connectivity index (χ0n) is 15.2. The average molecular weight is 371 g/mol. The van der Waals surface area contributed by atoms with Gasteiger partial charge in [0.15, 0.2) is 0 Å². The van der Waals surface area contributed by atoms with Crippen LogP contribution < -0.4 is 4.74 Å². The number of carbonyl (C=O) groups excluding carboxylic acids is 2. The fourth-order valence-electron chi connectivity index (χ4n) is 3.21. The van der Waals surface area contributed by atoms with Gasteiger partial charge in [-0.15, -0.1) is 0 Å². The number of amides is 2. The number of benzene rings is 1. The first-order valence-corrected chi connectivity index (χ1v) is 8.88. The van der Waals surface area contributed by atoms with Crippen LogP contribution in [0.3, 0.4) is 0 Å². The molecule has 27 heavy (non-hydrogen) atoms. The Hall–Kier alpha value is -2.96. The van der Waals surface area contributed by atoms with E-state index in [-0.39, 0.29) is 18.2 Å². The Bertz CT molecular complexity index is 813. The Morgan fingerprint density at radius 2 is 1.78 bits per heavy atom. The van der Waals surface area contributed by atoms with Gasteiger partial charge in [0.2, 0.25) is 5.91 Å². The van der Waals surface area contributed by atoms with Crippen LogP contribution in [-0.4, -0.2) is 59.9 Å². The minimum atomic E-state index is -0.399. The predicted molar refractivity (Wildman–Crippen MR) is 98.0 cm³/mol. The number of carbonyl (C=O) groups is 2. The van der Waals surface area contributed by atoms with Crippen LogP contribution in [0.2, 0.25) is 0 Å². The molecule has 1 saturated heterocycles. The van der Waals surface area contributed by atoms with E-state index in [0.29, 0.717) is 49.5 Å². The largest absolute Gasteiger partial charge is 0.496 e. The first kappa shape index (κ1) is 18.8. The highest BCUT2D eigenvalue weighted by atomic mass is 19.1. The SMILES string of the molecule is COc1ccc(F)cc1CC(=O)N1CCCN(C(=O)c2ccncc2)CC1. The first-order valence-electron chi connectivity index (χ1n) is 8.88. The van der Waals surface area contributed by atoms with Crippen LogP contribution in [0.1, 0.15) is 22.3 Å². The second kappa shape index (κ2) is 8.62. The number of aromatic nitrogens is 1. The lowest BCUT2D eigenvalue weighted by molar-refractivity contribution is -0.130. The molecule has 1 aromatic carbocycles. The maximum Gasteiger partial charge on any atom is 0.254 e. The van der Waals surface area contributed by atoms with E-state index < -0.39 is 5.82 Å². The van der Waals surface area contributed by atoms with Crippen LogP contribution in [0.4, 0.5) is 4.39 Å². The van der Waals surface area contributed by atoms with E-state index in [1.54, 1.807) is 34.3 Å². The number of halogens is 1. The van der Waals surface area contributed by atoms with Gasteiger partial charge in [0.05, 0.1) is 13.5 Å². The molecule has 0 radical (unpaired) electrons. The molecule has 0 unspecified atom stereocenters. The molecule has 2 heterocycles. The zero-order chi connectivity index (χ0) is 19.2. The molecule has 1 aromatic heterocycles. The monoisotopic (exact) mass is 371 g/mol. The molecule has 0 spiro atoms. The molecule has 0 N–H and O–H groups in total. The van der Waals surface area contributed by atoms with Gasteiger partial charge >= 0.3 is 0 Å². The fraction of sp³-hybridized carbons (Fsp3) is 0.350. The minimum absolute atomic E-state index is 0.0569. The summed E-state index contributed by atoms with van der Waals surface area (Å²) in [6, 6.07) is 7.53. The maximum atomic E-state index is 13.5. The van der Waals surface area contributed by atoms with Crippen molar-refractivity contribution in [2.24, 2.45) is 0 Å². The van der Waals surface area contributed by atoms with E-state index in [0.717, 1.165) is 0 Å². The van der Waals surface area contributed by atoms with Crippen molar-refractivity contribution in [3.63, 3.8) is 0 Å². The lowest BCUT2D eigenvalue weighted by atomic mass is 10.1. The molecular formula is C20H22FN3O3. The van der Waals surface area contributed by atoms with E-state index in [9.17, 15) is 14.0 Å². The van der Waals surface area contributed by atoms with E-state index in [4.69, 9.17) is 4.74 Å². The van der Waals surface area contributed by atoms with Crippen LogP contribution in [0.15, 0.2) is 42.7 Å². The second-order valence-electron chi connectivity index (χ2n) is 6.40. The highest BCUT2D eigenvalue weighted by molar-refractivity contribution is 5.94. The number of hydrogen-bond acceptors (Lipinski definition) is 4. The summed E-state index contributed by atoms with van der Waals surface area (Å²) >= 11 is 0. The Morgan fingerprint density at radius 1 is 1.07 bits per heavy atom. The van der Waals surface area contributed by atoms with Crippen molar-refractivity contribution >= 4 is 11.8 Å².